The molecule has 0 unspecified atom stereocenters. The smallest absolute Gasteiger partial charge is 0.123 e. The number of nitrogens with zero attached hydrogens (tertiary/aromatic N) is 3. The fraction of sp³-hybridized carbons (Fsp3) is 0.471. The predicted octanol–water partition coefficient (Wildman–Crippen LogP) is 2.91. The number of imidazole rings is 1. The topological polar surface area (TPSA) is 41.3 Å². The van der Waals surface area contributed by atoms with Gasteiger partial charge in [-0.2, -0.15) is 0 Å². The fourth-order valence-corrected chi connectivity index (χ4v) is 3.23. The molecule has 0 saturated carbocycles. The number of aliphatic hydroxyl groups is 1. The van der Waals surface area contributed by atoms with Crippen molar-refractivity contribution in [2.45, 2.75) is 45.0 Å². The van der Waals surface area contributed by atoms with Crippen LogP contribution in [-0.2, 0) is 6.54 Å². The molecular formula is C17H22FN3O. The molecular weight excluding hydrogens is 281 g/mol. The van der Waals surface area contributed by atoms with Gasteiger partial charge in [0.25, 0.3) is 0 Å². The Kier molecular flexibility index (Phi) is 4.27. The maximum Gasteiger partial charge on any atom is 0.123 e. The molecule has 1 fully saturated rings. The van der Waals surface area contributed by atoms with Crippen LogP contribution in [-0.4, -0.2) is 32.2 Å². The van der Waals surface area contributed by atoms with Gasteiger partial charge in [-0.1, -0.05) is 12.1 Å². The van der Waals surface area contributed by atoms with E-state index in [1.54, 1.807) is 18.3 Å². The Morgan fingerprint density at radius 3 is 2.95 bits per heavy atom. The van der Waals surface area contributed by atoms with Gasteiger partial charge in [0.2, 0.25) is 0 Å². The summed E-state index contributed by atoms with van der Waals surface area (Å²) in [6.45, 7) is 5.48. The van der Waals surface area contributed by atoms with E-state index in [9.17, 15) is 9.50 Å². The van der Waals surface area contributed by atoms with Gasteiger partial charge in [0.15, 0.2) is 0 Å². The number of halogens is 1. The van der Waals surface area contributed by atoms with Crippen molar-refractivity contribution >= 4 is 0 Å². The summed E-state index contributed by atoms with van der Waals surface area (Å²) in [6.07, 6.45) is 4.03. The Labute approximate surface area is 130 Å². The number of benzene rings is 1. The second-order valence-electron chi connectivity index (χ2n) is 6.23. The van der Waals surface area contributed by atoms with Crippen LogP contribution in [0.3, 0.4) is 0 Å². The van der Waals surface area contributed by atoms with Crippen LogP contribution in [0.2, 0.25) is 0 Å². The molecule has 1 aromatic carbocycles. The normalized spacial score (nSPS) is 22.6. The lowest BCUT2D eigenvalue weighted by atomic mass is 10.0. The standard InChI is InChI=1S/C17H22FN3O/c1-12(2)21-7-6-19-17(21)11-20-10-15(22)9-16(20)13-4-3-5-14(18)8-13/h3-8,12,15-16,22H,9-11H2,1-2H3/t15-,16-/m1/s1. The maximum absolute atomic E-state index is 13.5. The van der Waals surface area contributed by atoms with Gasteiger partial charge in [-0.25, -0.2) is 9.37 Å². The van der Waals surface area contributed by atoms with E-state index < -0.39 is 0 Å². The molecule has 1 aliphatic heterocycles. The van der Waals surface area contributed by atoms with Gasteiger partial charge in [0.05, 0.1) is 12.6 Å². The van der Waals surface area contributed by atoms with Crippen molar-refractivity contribution < 1.29 is 9.50 Å². The third-order valence-electron chi connectivity index (χ3n) is 4.26. The van der Waals surface area contributed by atoms with E-state index in [0.717, 1.165) is 11.4 Å². The van der Waals surface area contributed by atoms with Crippen LogP contribution in [0.4, 0.5) is 4.39 Å². The van der Waals surface area contributed by atoms with E-state index in [-0.39, 0.29) is 18.0 Å². The summed E-state index contributed by atoms with van der Waals surface area (Å²) >= 11 is 0. The first kappa shape index (κ1) is 15.2. The van der Waals surface area contributed by atoms with Crippen molar-refractivity contribution in [3.63, 3.8) is 0 Å². The lowest BCUT2D eigenvalue weighted by Gasteiger charge is -2.25. The average molecular weight is 303 g/mol. The van der Waals surface area contributed by atoms with E-state index in [0.29, 0.717) is 25.6 Å². The largest absolute Gasteiger partial charge is 0.392 e. The molecule has 1 aromatic heterocycles. The van der Waals surface area contributed by atoms with E-state index in [1.807, 2.05) is 12.3 Å². The van der Waals surface area contributed by atoms with Crippen molar-refractivity contribution in [3.8, 4) is 0 Å². The highest BCUT2D eigenvalue weighted by atomic mass is 19.1. The Morgan fingerprint density at radius 2 is 2.23 bits per heavy atom. The second kappa shape index (κ2) is 6.18. The van der Waals surface area contributed by atoms with Crippen molar-refractivity contribution in [3.05, 3.63) is 53.9 Å². The highest BCUT2D eigenvalue weighted by Crippen LogP contribution is 2.33. The monoisotopic (exact) mass is 303 g/mol. The van der Waals surface area contributed by atoms with E-state index in [1.165, 1.54) is 6.07 Å². The summed E-state index contributed by atoms with van der Waals surface area (Å²) in [5, 5.41) is 10.0. The summed E-state index contributed by atoms with van der Waals surface area (Å²) in [5.41, 5.74) is 0.916. The van der Waals surface area contributed by atoms with Gasteiger partial charge in [-0.15, -0.1) is 0 Å². The molecule has 0 spiro atoms. The van der Waals surface area contributed by atoms with Crippen LogP contribution < -0.4 is 0 Å². The van der Waals surface area contributed by atoms with Crippen LogP contribution in [0, 0.1) is 5.82 Å². The molecule has 5 heteroatoms. The third kappa shape index (κ3) is 3.05. The third-order valence-corrected chi connectivity index (χ3v) is 4.26. The summed E-state index contributed by atoms with van der Waals surface area (Å²) in [6, 6.07) is 7.03. The first-order chi connectivity index (χ1) is 10.5. The molecule has 0 radical (unpaired) electrons. The Hall–Kier alpha value is -1.72. The van der Waals surface area contributed by atoms with Crippen LogP contribution >= 0.6 is 0 Å². The van der Waals surface area contributed by atoms with Gasteiger partial charge >= 0.3 is 0 Å². The van der Waals surface area contributed by atoms with Crippen molar-refractivity contribution in [2.24, 2.45) is 0 Å². The highest BCUT2D eigenvalue weighted by molar-refractivity contribution is 5.22. The first-order valence-corrected chi connectivity index (χ1v) is 7.74. The summed E-state index contributed by atoms with van der Waals surface area (Å²) in [4.78, 5) is 6.62. The molecule has 1 saturated heterocycles. The molecule has 2 heterocycles. The van der Waals surface area contributed by atoms with Crippen LogP contribution in [0.5, 0.6) is 0 Å². The van der Waals surface area contributed by atoms with Crippen LogP contribution in [0.15, 0.2) is 36.7 Å². The summed E-state index contributed by atoms with van der Waals surface area (Å²) in [7, 11) is 0. The minimum absolute atomic E-state index is 0.0306. The molecule has 1 aliphatic rings. The van der Waals surface area contributed by atoms with Crippen molar-refractivity contribution in [1.82, 2.24) is 14.5 Å². The maximum atomic E-state index is 13.5. The molecule has 118 valence electrons. The lowest BCUT2D eigenvalue weighted by Crippen LogP contribution is -2.26. The number of hydrogen-bond donors (Lipinski definition) is 1. The van der Waals surface area contributed by atoms with Gasteiger partial charge in [-0.05, 0) is 38.0 Å². The van der Waals surface area contributed by atoms with Gasteiger partial charge in [0, 0.05) is 31.0 Å². The predicted molar refractivity (Wildman–Crippen MR) is 82.8 cm³/mol. The molecule has 0 amide bonds. The summed E-state index contributed by atoms with van der Waals surface area (Å²) in [5.74, 6) is 0.744. The molecule has 2 aromatic rings. The van der Waals surface area contributed by atoms with Crippen molar-refractivity contribution in [1.29, 1.82) is 0 Å². The summed E-state index contributed by atoms with van der Waals surface area (Å²) < 4.78 is 15.6. The van der Waals surface area contributed by atoms with Crippen LogP contribution in [0.25, 0.3) is 0 Å². The number of rotatable bonds is 4. The fourth-order valence-electron chi connectivity index (χ4n) is 3.23. The number of hydrogen-bond acceptors (Lipinski definition) is 3. The van der Waals surface area contributed by atoms with Gasteiger partial charge in [0.1, 0.15) is 11.6 Å². The van der Waals surface area contributed by atoms with Crippen LogP contribution in [0.1, 0.15) is 43.7 Å². The molecule has 4 nitrogen and oxygen atoms in total. The highest BCUT2D eigenvalue weighted by Gasteiger charge is 2.33. The second-order valence-corrected chi connectivity index (χ2v) is 6.23. The SMILES string of the molecule is CC(C)n1ccnc1CN1C[C@H](O)C[C@@H]1c1cccc(F)c1. The minimum Gasteiger partial charge on any atom is -0.392 e. The van der Waals surface area contributed by atoms with E-state index in [2.05, 4.69) is 28.3 Å². The zero-order chi connectivity index (χ0) is 15.7. The molecule has 2 atom stereocenters. The van der Waals surface area contributed by atoms with Crippen molar-refractivity contribution in [2.75, 3.05) is 6.54 Å². The number of β-amino-alcohol motifs (C(OH)–C–C–N with tert-alkyl or cyclic N) is 1. The quantitative estimate of drug-likeness (QED) is 0.944. The molecule has 22 heavy (non-hydrogen) atoms. The molecule has 1 N–H and O–H groups in total. The first-order valence-electron chi connectivity index (χ1n) is 7.74. The number of aliphatic hydroxyl groups excluding tert-OH is 1. The minimum atomic E-state index is -0.379. The Morgan fingerprint density at radius 1 is 1.41 bits per heavy atom. The zero-order valence-corrected chi connectivity index (χ0v) is 13.0. The molecule has 3 rings (SSSR count). The van der Waals surface area contributed by atoms with Gasteiger partial charge < -0.3 is 9.67 Å². The Bertz CT molecular complexity index is 640. The molecule has 0 bridgehead atoms. The van der Waals surface area contributed by atoms with E-state index in [4.69, 9.17) is 0 Å². The lowest BCUT2D eigenvalue weighted by molar-refractivity contribution is 0.170. The zero-order valence-electron chi connectivity index (χ0n) is 13.0. The molecule has 0 aliphatic carbocycles. The average Bonchev–Trinajstić information content (AvgIpc) is 3.06. The van der Waals surface area contributed by atoms with Gasteiger partial charge in [-0.3, -0.25) is 4.90 Å². The number of likely N-dealkylation sites (tertiary alicyclic amines) is 1. The van der Waals surface area contributed by atoms with E-state index >= 15 is 0 Å². The number of aromatic nitrogens is 2. The Balaban J connectivity index is 1.83.